The lowest BCUT2D eigenvalue weighted by Gasteiger charge is -2.29. The summed E-state index contributed by atoms with van der Waals surface area (Å²) in [5, 5.41) is 18.3. The van der Waals surface area contributed by atoms with Crippen molar-refractivity contribution in [2.75, 3.05) is 10.6 Å². The minimum atomic E-state index is -0.707. The van der Waals surface area contributed by atoms with Crippen molar-refractivity contribution in [3.8, 4) is 5.13 Å². The number of nitrogens with zero attached hydrogens (tertiary/aromatic N) is 5. The highest BCUT2D eigenvalue weighted by Gasteiger charge is 2.24. The fraction of sp³-hybridized carbons (Fsp3) is 0.286. The van der Waals surface area contributed by atoms with E-state index in [0.717, 1.165) is 47.4 Å². The highest BCUT2D eigenvalue weighted by Crippen LogP contribution is 2.30. The van der Waals surface area contributed by atoms with Crippen LogP contribution in [0.2, 0.25) is 0 Å². The third-order valence-corrected chi connectivity index (χ3v) is 6.44. The predicted octanol–water partition coefficient (Wildman–Crippen LogP) is 2.80. The molecule has 3 heterocycles. The first kappa shape index (κ1) is 20.3. The Hall–Kier alpha value is -3.57. The third kappa shape index (κ3) is 3.87. The summed E-state index contributed by atoms with van der Waals surface area (Å²) in [7, 11) is 0. The average Bonchev–Trinajstić information content (AvgIpc) is 3.45. The van der Waals surface area contributed by atoms with Crippen LogP contribution in [0.3, 0.4) is 0 Å². The molecule has 0 bridgehead atoms. The Labute approximate surface area is 188 Å². The minimum Gasteiger partial charge on any atom is -0.364 e. The number of thiazole rings is 1. The number of nitrogens with one attached hydrogen (secondary N) is 2. The zero-order valence-electron chi connectivity index (χ0n) is 17.2. The highest BCUT2D eigenvalue weighted by molar-refractivity contribution is 7.12. The van der Waals surface area contributed by atoms with Crippen molar-refractivity contribution in [1.82, 2.24) is 24.7 Å². The quantitative estimate of drug-likeness (QED) is 0.351. The van der Waals surface area contributed by atoms with Crippen LogP contribution in [0, 0.1) is 0 Å². The molecular formula is C21H23N9OS. The summed E-state index contributed by atoms with van der Waals surface area (Å²) in [4.78, 5) is 20.9. The largest absolute Gasteiger partial charge is 0.364 e. The van der Waals surface area contributed by atoms with Crippen LogP contribution in [-0.2, 0) is 0 Å². The molecule has 1 fully saturated rings. The highest BCUT2D eigenvalue weighted by atomic mass is 32.1. The Balaban J connectivity index is 1.49. The number of benzene rings is 1. The van der Waals surface area contributed by atoms with Gasteiger partial charge < -0.3 is 22.1 Å². The second kappa shape index (κ2) is 8.52. The van der Waals surface area contributed by atoms with Gasteiger partial charge in [0.05, 0.1) is 5.52 Å². The van der Waals surface area contributed by atoms with Gasteiger partial charge in [0, 0.05) is 40.9 Å². The molecule has 4 aromatic rings. The topological polar surface area (TPSA) is 150 Å². The van der Waals surface area contributed by atoms with Gasteiger partial charge in [-0.1, -0.05) is 18.9 Å². The van der Waals surface area contributed by atoms with Gasteiger partial charge in [-0.3, -0.25) is 9.36 Å². The van der Waals surface area contributed by atoms with E-state index in [1.807, 2.05) is 40.4 Å². The molecule has 5 rings (SSSR count). The molecule has 0 unspecified atom stereocenters. The van der Waals surface area contributed by atoms with E-state index < -0.39 is 5.91 Å². The van der Waals surface area contributed by atoms with Crippen LogP contribution in [0.25, 0.3) is 16.0 Å². The van der Waals surface area contributed by atoms with Crippen molar-refractivity contribution >= 4 is 45.6 Å². The van der Waals surface area contributed by atoms with Crippen LogP contribution in [-0.4, -0.2) is 42.7 Å². The maximum atomic E-state index is 12.0. The number of fused-ring (bicyclic) bond motifs is 1. The number of hydrogen-bond acceptors (Lipinski definition) is 9. The van der Waals surface area contributed by atoms with Gasteiger partial charge in [-0.15, -0.1) is 21.5 Å². The van der Waals surface area contributed by atoms with E-state index in [2.05, 4.69) is 30.8 Å². The Kier molecular flexibility index (Phi) is 5.41. The van der Waals surface area contributed by atoms with Crippen molar-refractivity contribution in [3.63, 3.8) is 0 Å². The summed E-state index contributed by atoms with van der Waals surface area (Å²) >= 11 is 1.55. The molecule has 1 amide bonds. The lowest BCUT2D eigenvalue weighted by molar-refractivity contribution is 0.0995. The second-order valence-corrected chi connectivity index (χ2v) is 8.63. The van der Waals surface area contributed by atoms with Gasteiger partial charge >= 0.3 is 0 Å². The summed E-state index contributed by atoms with van der Waals surface area (Å²) in [5.41, 5.74) is 13.5. The van der Waals surface area contributed by atoms with Gasteiger partial charge in [-0.25, -0.2) is 4.98 Å². The smallest absolute Gasteiger partial charge is 0.273 e. The minimum absolute atomic E-state index is 0.0268. The number of primary amides is 1. The number of carbonyl (C=O) groups is 1. The molecule has 1 aliphatic rings. The molecular weight excluding hydrogens is 426 g/mol. The zero-order valence-corrected chi connectivity index (χ0v) is 18.0. The molecule has 1 aliphatic carbocycles. The first-order valence-electron chi connectivity index (χ1n) is 10.4. The van der Waals surface area contributed by atoms with E-state index in [-0.39, 0.29) is 23.6 Å². The van der Waals surface area contributed by atoms with Crippen LogP contribution < -0.4 is 22.1 Å². The van der Waals surface area contributed by atoms with Crippen molar-refractivity contribution in [3.05, 3.63) is 47.7 Å². The number of carbonyl (C=O) groups excluding carboxylic acids is 1. The van der Waals surface area contributed by atoms with Crippen molar-refractivity contribution in [2.24, 2.45) is 11.5 Å². The standard InChI is InChI=1S/C21H23N9OS/c22-13-4-1-2-5-15(13)26-20-27-19(17(18(23)31)28-29-20)25-14-6-3-7-16-12(14)8-10-30(16)21-24-9-11-32-21/h3,6-11,13,15H,1-2,4-5,22H2,(H2,23,31)(H2,25,26,27,29)/t13-,15+/m0/s1. The third-order valence-electron chi connectivity index (χ3n) is 5.67. The molecule has 0 saturated heterocycles. The molecule has 2 atom stereocenters. The van der Waals surface area contributed by atoms with Crippen molar-refractivity contribution in [1.29, 1.82) is 0 Å². The summed E-state index contributed by atoms with van der Waals surface area (Å²) in [6.45, 7) is 0. The number of anilines is 3. The number of aromatic nitrogens is 5. The van der Waals surface area contributed by atoms with E-state index in [1.54, 1.807) is 17.5 Å². The van der Waals surface area contributed by atoms with E-state index in [4.69, 9.17) is 11.5 Å². The van der Waals surface area contributed by atoms with Crippen LogP contribution in [0.5, 0.6) is 0 Å². The fourth-order valence-electron chi connectivity index (χ4n) is 4.05. The van der Waals surface area contributed by atoms with E-state index in [9.17, 15) is 4.79 Å². The molecule has 0 aliphatic heterocycles. The molecule has 1 saturated carbocycles. The Morgan fingerprint density at radius 1 is 1.19 bits per heavy atom. The summed E-state index contributed by atoms with van der Waals surface area (Å²) in [6, 6.07) is 7.91. The summed E-state index contributed by atoms with van der Waals surface area (Å²) in [5.74, 6) is -0.151. The summed E-state index contributed by atoms with van der Waals surface area (Å²) in [6.07, 6.45) is 7.84. The van der Waals surface area contributed by atoms with Gasteiger partial charge in [0.1, 0.15) is 0 Å². The Bertz CT molecular complexity index is 1250. The molecule has 1 aromatic carbocycles. The number of amides is 1. The molecule has 11 heteroatoms. The summed E-state index contributed by atoms with van der Waals surface area (Å²) < 4.78 is 2.01. The SMILES string of the molecule is NC(=O)c1nnc(N[C@@H]2CCCC[C@@H]2N)nc1Nc1cccc2c1ccn2-c1nccs1. The van der Waals surface area contributed by atoms with Crippen LogP contribution >= 0.6 is 11.3 Å². The van der Waals surface area contributed by atoms with Gasteiger partial charge in [-0.05, 0) is 31.0 Å². The van der Waals surface area contributed by atoms with Crippen LogP contribution in [0.4, 0.5) is 17.5 Å². The van der Waals surface area contributed by atoms with Gasteiger partial charge in [-0.2, -0.15) is 4.98 Å². The van der Waals surface area contributed by atoms with Crippen LogP contribution in [0.15, 0.2) is 42.0 Å². The molecule has 164 valence electrons. The number of nitrogens with two attached hydrogens (primary N) is 2. The average molecular weight is 450 g/mol. The predicted molar refractivity (Wildman–Crippen MR) is 124 cm³/mol. The number of hydrogen-bond donors (Lipinski definition) is 4. The van der Waals surface area contributed by atoms with Crippen molar-refractivity contribution in [2.45, 2.75) is 37.8 Å². The van der Waals surface area contributed by atoms with E-state index in [0.29, 0.717) is 5.95 Å². The monoisotopic (exact) mass is 449 g/mol. The molecule has 0 spiro atoms. The molecule has 6 N–H and O–H groups in total. The van der Waals surface area contributed by atoms with Crippen LogP contribution in [0.1, 0.15) is 36.2 Å². The first-order valence-corrected chi connectivity index (χ1v) is 11.3. The molecule has 0 radical (unpaired) electrons. The van der Waals surface area contributed by atoms with Gasteiger partial charge in [0.25, 0.3) is 5.91 Å². The Morgan fingerprint density at radius 3 is 2.84 bits per heavy atom. The normalized spacial score (nSPS) is 18.5. The lowest BCUT2D eigenvalue weighted by Crippen LogP contribution is -2.43. The van der Waals surface area contributed by atoms with Gasteiger partial charge in [0.15, 0.2) is 16.6 Å². The maximum absolute atomic E-state index is 12.0. The molecule has 32 heavy (non-hydrogen) atoms. The zero-order chi connectivity index (χ0) is 22.1. The maximum Gasteiger partial charge on any atom is 0.273 e. The first-order chi connectivity index (χ1) is 15.6. The lowest BCUT2D eigenvalue weighted by atomic mass is 9.91. The second-order valence-electron chi connectivity index (χ2n) is 7.76. The van der Waals surface area contributed by atoms with Crippen molar-refractivity contribution < 1.29 is 4.79 Å². The molecule has 10 nitrogen and oxygen atoms in total. The van der Waals surface area contributed by atoms with Gasteiger partial charge in [0.2, 0.25) is 5.95 Å². The van der Waals surface area contributed by atoms with E-state index in [1.165, 1.54) is 0 Å². The fourth-order valence-corrected chi connectivity index (χ4v) is 4.69. The molecule has 3 aromatic heterocycles. The number of rotatable bonds is 6. The Morgan fingerprint density at radius 2 is 2.06 bits per heavy atom. The van der Waals surface area contributed by atoms with E-state index >= 15 is 0 Å².